The maximum Gasteiger partial charge on any atom is 0.0754 e. The van der Waals surface area contributed by atoms with E-state index in [9.17, 15) is 0 Å². The molecule has 1 unspecified atom stereocenters. The Morgan fingerprint density at radius 3 is 1.54 bits per heavy atom. The van der Waals surface area contributed by atoms with Crippen LogP contribution in [0.1, 0.15) is 44.5 Å². The zero-order chi connectivity index (χ0) is 53.9. The van der Waals surface area contributed by atoms with E-state index in [1.807, 2.05) is 0 Å². The molecule has 1 aliphatic heterocycles. The fourth-order valence-corrected chi connectivity index (χ4v) is 15.1. The van der Waals surface area contributed by atoms with Crippen LogP contribution in [0.5, 0.6) is 0 Å². The quantitative estimate of drug-likeness (QED) is 0.147. The van der Waals surface area contributed by atoms with Crippen molar-refractivity contribution in [2.24, 2.45) is 0 Å². The third-order valence-electron chi connectivity index (χ3n) is 18.3. The van der Waals surface area contributed by atoms with Crippen LogP contribution in [0.4, 0.5) is 17.1 Å². The Kier molecular flexibility index (Phi) is 10.2. The summed E-state index contributed by atoms with van der Waals surface area (Å²) in [6.45, 7) is 0. The highest BCUT2D eigenvalue weighted by Gasteiger charge is 2.51. The second kappa shape index (κ2) is 18.0. The van der Waals surface area contributed by atoms with Crippen LogP contribution >= 0.6 is 0 Å². The minimum Gasteiger partial charge on any atom is -0.309 e. The molecule has 0 saturated carbocycles. The Bertz CT molecular complexity index is 4820. The molecule has 0 saturated heterocycles. The summed E-state index contributed by atoms with van der Waals surface area (Å²) in [4.78, 5) is 2.54. The molecule has 0 amide bonds. The number of para-hydroxylation sites is 4. The van der Waals surface area contributed by atoms with Crippen molar-refractivity contribution in [1.82, 2.24) is 4.57 Å². The van der Waals surface area contributed by atoms with Gasteiger partial charge in [-0.1, -0.05) is 273 Å². The second-order valence-corrected chi connectivity index (χ2v) is 22.2. The summed E-state index contributed by atoms with van der Waals surface area (Å²) in [7, 11) is 0. The van der Waals surface area contributed by atoms with Gasteiger partial charge in [0.15, 0.2) is 0 Å². The lowest BCUT2D eigenvalue weighted by molar-refractivity contribution is 0.749. The van der Waals surface area contributed by atoms with E-state index in [1.54, 1.807) is 0 Å². The van der Waals surface area contributed by atoms with E-state index in [-0.39, 0.29) is 0 Å². The largest absolute Gasteiger partial charge is 0.309 e. The summed E-state index contributed by atoms with van der Waals surface area (Å²) in [5, 5.41) is 2.56. The molecule has 13 aromatic carbocycles. The predicted molar refractivity (Wildman–Crippen MR) is 340 cm³/mol. The molecule has 1 aromatic heterocycles. The molecule has 17 rings (SSSR count). The SMILES string of the molecule is c1ccc(-c2ccccc2-c2ccccc2N(c2ccc(-c3ccc4c(c3)C3(c5ccccc5-4)c4ccccc4-n4c5ccccc5c5cccc3c54)cc2)c2cccc3c2-c2ccccc2C3(c2ccccc2)c2ccccc2)cc1. The van der Waals surface area contributed by atoms with Crippen LogP contribution in [0.15, 0.2) is 315 Å². The van der Waals surface area contributed by atoms with Crippen LogP contribution in [-0.4, -0.2) is 4.57 Å². The molecule has 382 valence electrons. The van der Waals surface area contributed by atoms with Crippen LogP contribution < -0.4 is 4.90 Å². The molecule has 2 nitrogen and oxygen atoms in total. The van der Waals surface area contributed by atoms with E-state index >= 15 is 0 Å². The van der Waals surface area contributed by atoms with Crippen LogP contribution in [0.3, 0.4) is 0 Å². The lowest BCUT2D eigenvalue weighted by atomic mass is 9.65. The van der Waals surface area contributed by atoms with Gasteiger partial charge in [0.05, 0.1) is 38.9 Å². The van der Waals surface area contributed by atoms with Gasteiger partial charge in [-0.25, -0.2) is 0 Å². The minimum atomic E-state index is -0.565. The lowest BCUT2D eigenvalue weighted by Crippen LogP contribution is -2.33. The third kappa shape index (κ3) is 6.35. The Morgan fingerprint density at radius 2 is 0.780 bits per heavy atom. The Balaban J connectivity index is 0.885. The molecule has 0 fully saturated rings. The minimum absolute atomic E-state index is 0.544. The first-order valence-electron chi connectivity index (χ1n) is 28.6. The molecule has 1 atom stereocenters. The van der Waals surface area contributed by atoms with Crippen molar-refractivity contribution in [2.75, 3.05) is 4.90 Å². The first-order valence-corrected chi connectivity index (χ1v) is 28.6. The van der Waals surface area contributed by atoms with Crippen LogP contribution in [-0.2, 0) is 10.8 Å². The maximum atomic E-state index is 2.54. The standard InChI is InChI=1S/C80H52N2/c1-4-24-54(25-5-1)59-30-10-11-31-60(59)63-33-14-19-42-73(63)81(76-45-23-40-70-77(76)66-35-13-17-38-68(66)79(70,56-26-6-2-7-27-56)57-28-8-3-9-29-57)58-49-46-53(47-50-58)55-48-51-62-61-32-12-16-37-67(61)80(72(62)52-55)69-39-18-21-44-75(69)82-74-43-20-15-34-64(74)65-36-22-41-71(80)78(65)82/h1-52H. The number of hydrogen-bond donors (Lipinski definition) is 0. The van der Waals surface area contributed by atoms with Crippen LogP contribution in [0.2, 0.25) is 0 Å². The van der Waals surface area contributed by atoms with Crippen molar-refractivity contribution in [3.8, 4) is 61.3 Å². The number of fused-ring (bicyclic) bond motifs is 15. The van der Waals surface area contributed by atoms with Crippen molar-refractivity contribution < 1.29 is 0 Å². The monoisotopic (exact) mass is 1040 g/mol. The van der Waals surface area contributed by atoms with Gasteiger partial charge in [0.1, 0.15) is 0 Å². The predicted octanol–water partition coefficient (Wildman–Crippen LogP) is 20.3. The number of benzene rings is 13. The van der Waals surface area contributed by atoms with Crippen molar-refractivity contribution >= 4 is 38.9 Å². The second-order valence-electron chi connectivity index (χ2n) is 22.2. The average molecular weight is 1040 g/mol. The summed E-state index contributed by atoms with van der Waals surface area (Å²) >= 11 is 0. The molecule has 2 aliphatic carbocycles. The third-order valence-corrected chi connectivity index (χ3v) is 18.3. The highest BCUT2D eigenvalue weighted by molar-refractivity contribution is 6.13. The normalized spacial score (nSPS) is 14.7. The van der Waals surface area contributed by atoms with Gasteiger partial charge in [-0.05, 0) is 131 Å². The highest BCUT2D eigenvalue weighted by atomic mass is 15.1. The van der Waals surface area contributed by atoms with Gasteiger partial charge in [-0.3, -0.25) is 0 Å². The van der Waals surface area contributed by atoms with Crippen molar-refractivity contribution in [1.29, 1.82) is 0 Å². The zero-order valence-corrected chi connectivity index (χ0v) is 44.9. The topological polar surface area (TPSA) is 8.17 Å². The number of rotatable bonds is 8. The summed E-state index contributed by atoms with van der Waals surface area (Å²) in [6, 6.07) is 118. The Labute approximate surface area is 477 Å². The highest BCUT2D eigenvalue weighted by Crippen LogP contribution is 2.63. The number of anilines is 3. The van der Waals surface area contributed by atoms with E-state index < -0.39 is 10.8 Å². The van der Waals surface area contributed by atoms with Gasteiger partial charge in [0.25, 0.3) is 0 Å². The summed E-state index contributed by atoms with van der Waals surface area (Å²) in [5.41, 5.74) is 28.3. The zero-order valence-electron chi connectivity index (χ0n) is 44.9. The van der Waals surface area contributed by atoms with Crippen molar-refractivity contribution in [3.63, 3.8) is 0 Å². The van der Waals surface area contributed by atoms with Gasteiger partial charge in [-0.2, -0.15) is 0 Å². The molecular weight excluding hydrogens is 989 g/mol. The first kappa shape index (κ1) is 46.4. The van der Waals surface area contributed by atoms with Crippen molar-refractivity contribution in [2.45, 2.75) is 10.8 Å². The summed E-state index contributed by atoms with van der Waals surface area (Å²) in [5.74, 6) is 0. The summed E-state index contributed by atoms with van der Waals surface area (Å²) in [6.07, 6.45) is 0. The van der Waals surface area contributed by atoms with E-state index in [1.165, 1.54) is 117 Å². The molecular formula is C80H52N2. The molecule has 2 heteroatoms. The molecule has 14 aromatic rings. The lowest BCUT2D eigenvalue weighted by Gasteiger charge is -2.39. The fraction of sp³-hybridized carbons (Fsp3) is 0.0250. The number of hydrogen-bond acceptors (Lipinski definition) is 1. The van der Waals surface area contributed by atoms with E-state index in [2.05, 4.69) is 325 Å². The number of nitrogens with zero attached hydrogens (tertiary/aromatic N) is 2. The molecule has 0 N–H and O–H groups in total. The molecule has 0 bridgehead atoms. The van der Waals surface area contributed by atoms with E-state index in [0.29, 0.717) is 0 Å². The maximum absolute atomic E-state index is 2.54. The molecule has 2 heterocycles. The van der Waals surface area contributed by atoms with Crippen LogP contribution in [0.25, 0.3) is 83.1 Å². The smallest absolute Gasteiger partial charge is 0.0754 e. The molecule has 0 radical (unpaired) electrons. The summed E-state index contributed by atoms with van der Waals surface area (Å²) < 4.78 is 2.53. The van der Waals surface area contributed by atoms with Crippen molar-refractivity contribution in [3.05, 3.63) is 360 Å². The van der Waals surface area contributed by atoms with E-state index in [0.717, 1.165) is 28.2 Å². The fourth-order valence-electron chi connectivity index (χ4n) is 15.1. The molecule has 3 aliphatic rings. The number of aromatic nitrogens is 1. The van der Waals surface area contributed by atoms with E-state index in [4.69, 9.17) is 0 Å². The van der Waals surface area contributed by atoms with Gasteiger partial charge < -0.3 is 9.47 Å². The van der Waals surface area contributed by atoms with Crippen LogP contribution in [0, 0.1) is 0 Å². The average Bonchev–Trinajstić information content (AvgIpc) is 4.29. The van der Waals surface area contributed by atoms with Gasteiger partial charge in [0.2, 0.25) is 0 Å². The first-order chi connectivity index (χ1) is 40.7. The van der Waals surface area contributed by atoms with Gasteiger partial charge >= 0.3 is 0 Å². The van der Waals surface area contributed by atoms with Gasteiger partial charge in [-0.15, -0.1) is 0 Å². The van der Waals surface area contributed by atoms with Gasteiger partial charge in [0, 0.05) is 27.6 Å². The molecule has 82 heavy (non-hydrogen) atoms. The Hall–Kier alpha value is -10.5. The Morgan fingerprint density at radius 1 is 0.268 bits per heavy atom. The molecule has 1 spiro atoms.